The van der Waals surface area contributed by atoms with Crippen LogP contribution in [0, 0.1) is 0 Å². The highest BCUT2D eigenvalue weighted by Crippen LogP contribution is 2.14. The molecule has 0 aliphatic heterocycles. The maximum absolute atomic E-state index is 5.79. The molecule has 1 unspecified atom stereocenters. The van der Waals surface area contributed by atoms with Gasteiger partial charge < -0.3 is 15.0 Å². The van der Waals surface area contributed by atoms with Crippen molar-refractivity contribution in [2.45, 2.75) is 25.9 Å². The lowest BCUT2D eigenvalue weighted by atomic mass is 10.1. The molecule has 18 heavy (non-hydrogen) atoms. The third kappa shape index (κ3) is 3.89. The van der Waals surface area contributed by atoms with Crippen LogP contribution in [0.3, 0.4) is 0 Å². The van der Waals surface area contributed by atoms with Crippen LogP contribution in [0.2, 0.25) is 0 Å². The Morgan fingerprint density at radius 1 is 1.44 bits per heavy atom. The highest BCUT2D eigenvalue weighted by Gasteiger charge is 2.00. The van der Waals surface area contributed by atoms with Crippen molar-refractivity contribution in [3.05, 3.63) is 48.5 Å². The normalized spacial score (nSPS) is 12.3. The Hall–Kier alpha value is -1.81. The topological polar surface area (TPSA) is 53.1 Å². The number of nitrogens with zero attached hydrogens (tertiary/aromatic N) is 2. The zero-order chi connectivity index (χ0) is 12.8. The molecule has 2 rings (SSSR count). The molecular formula is C14H19N3O. The zero-order valence-electron chi connectivity index (χ0n) is 10.6. The molecule has 4 heteroatoms. The average molecular weight is 245 g/mol. The second kappa shape index (κ2) is 6.21. The van der Waals surface area contributed by atoms with Crippen LogP contribution in [0.15, 0.2) is 43.0 Å². The number of ether oxygens (including phenoxy) is 1. The summed E-state index contributed by atoms with van der Waals surface area (Å²) >= 11 is 0. The van der Waals surface area contributed by atoms with Gasteiger partial charge in [-0.2, -0.15) is 0 Å². The van der Waals surface area contributed by atoms with E-state index < -0.39 is 0 Å². The van der Waals surface area contributed by atoms with Gasteiger partial charge >= 0.3 is 0 Å². The molecule has 0 saturated carbocycles. The molecule has 1 aromatic heterocycles. The molecule has 1 aromatic carbocycles. The van der Waals surface area contributed by atoms with Gasteiger partial charge in [0.2, 0.25) is 0 Å². The minimum absolute atomic E-state index is 0.172. The first kappa shape index (κ1) is 12.6. The molecule has 2 N–H and O–H groups in total. The number of aromatic nitrogens is 2. The van der Waals surface area contributed by atoms with E-state index in [2.05, 4.69) is 17.1 Å². The van der Waals surface area contributed by atoms with E-state index in [-0.39, 0.29) is 6.04 Å². The fourth-order valence-corrected chi connectivity index (χ4v) is 1.82. The smallest absolute Gasteiger partial charge is 0.119 e. The Labute approximate surface area is 107 Å². The fourth-order valence-electron chi connectivity index (χ4n) is 1.82. The first-order valence-electron chi connectivity index (χ1n) is 6.17. The molecule has 0 fully saturated rings. The Morgan fingerprint density at radius 3 is 3.06 bits per heavy atom. The maximum atomic E-state index is 5.79. The molecule has 96 valence electrons. The van der Waals surface area contributed by atoms with Crippen LogP contribution in [-0.2, 0) is 13.0 Å². The van der Waals surface area contributed by atoms with Crippen molar-refractivity contribution in [2.24, 2.45) is 5.73 Å². The van der Waals surface area contributed by atoms with Crippen LogP contribution in [0.1, 0.15) is 12.5 Å². The van der Waals surface area contributed by atoms with Gasteiger partial charge in [0, 0.05) is 18.4 Å². The fraction of sp³-hybridized carbons (Fsp3) is 0.357. The predicted octanol–water partition coefficient (Wildman–Crippen LogP) is 1.85. The summed E-state index contributed by atoms with van der Waals surface area (Å²) in [6, 6.07) is 8.28. The molecule has 1 atom stereocenters. The van der Waals surface area contributed by atoms with Crippen LogP contribution in [0.25, 0.3) is 0 Å². The van der Waals surface area contributed by atoms with Crippen LogP contribution >= 0.6 is 0 Å². The Balaban J connectivity index is 1.85. The van der Waals surface area contributed by atoms with E-state index in [4.69, 9.17) is 10.5 Å². The first-order chi connectivity index (χ1) is 8.74. The van der Waals surface area contributed by atoms with E-state index in [1.165, 1.54) is 5.56 Å². The summed E-state index contributed by atoms with van der Waals surface area (Å²) in [5, 5.41) is 0. The third-order valence-corrected chi connectivity index (χ3v) is 2.63. The van der Waals surface area contributed by atoms with E-state index in [0.29, 0.717) is 6.61 Å². The van der Waals surface area contributed by atoms with Crippen LogP contribution in [0.4, 0.5) is 0 Å². The Kier molecular flexibility index (Phi) is 4.36. The summed E-state index contributed by atoms with van der Waals surface area (Å²) in [7, 11) is 0. The van der Waals surface area contributed by atoms with Crippen molar-refractivity contribution in [2.75, 3.05) is 6.61 Å². The Bertz CT molecular complexity index is 466. The predicted molar refractivity (Wildman–Crippen MR) is 71.5 cm³/mol. The Morgan fingerprint density at radius 2 is 2.33 bits per heavy atom. The molecule has 4 nitrogen and oxygen atoms in total. The van der Waals surface area contributed by atoms with Crippen molar-refractivity contribution in [3.8, 4) is 5.75 Å². The largest absolute Gasteiger partial charge is 0.492 e. The summed E-state index contributed by atoms with van der Waals surface area (Å²) in [5.74, 6) is 0.897. The molecular weight excluding hydrogens is 226 g/mol. The van der Waals surface area contributed by atoms with Gasteiger partial charge in [-0.3, -0.25) is 0 Å². The van der Waals surface area contributed by atoms with E-state index in [1.807, 2.05) is 29.8 Å². The van der Waals surface area contributed by atoms with E-state index in [1.54, 1.807) is 12.5 Å². The second-order valence-corrected chi connectivity index (χ2v) is 4.48. The van der Waals surface area contributed by atoms with Gasteiger partial charge in [0.05, 0.1) is 12.9 Å². The lowest BCUT2D eigenvalue weighted by molar-refractivity contribution is 0.298. The molecule has 0 amide bonds. The molecule has 2 aromatic rings. The number of imidazole rings is 1. The van der Waals surface area contributed by atoms with Gasteiger partial charge in [0.15, 0.2) is 0 Å². The number of hydrogen-bond acceptors (Lipinski definition) is 3. The summed E-state index contributed by atoms with van der Waals surface area (Å²) < 4.78 is 7.70. The van der Waals surface area contributed by atoms with Gasteiger partial charge in [-0.25, -0.2) is 4.98 Å². The molecule has 1 heterocycles. The minimum Gasteiger partial charge on any atom is -0.492 e. The van der Waals surface area contributed by atoms with Crippen molar-refractivity contribution in [1.29, 1.82) is 0 Å². The van der Waals surface area contributed by atoms with Crippen LogP contribution in [0.5, 0.6) is 5.75 Å². The van der Waals surface area contributed by atoms with Gasteiger partial charge in [0.25, 0.3) is 0 Å². The van der Waals surface area contributed by atoms with E-state index >= 15 is 0 Å². The maximum Gasteiger partial charge on any atom is 0.119 e. The van der Waals surface area contributed by atoms with E-state index in [9.17, 15) is 0 Å². The van der Waals surface area contributed by atoms with Crippen molar-refractivity contribution < 1.29 is 4.74 Å². The SMILES string of the molecule is CC(N)Cc1cccc(OCCn2ccnc2)c1. The molecule has 0 spiro atoms. The van der Waals surface area contributed by atoms with Crippen LogP contribution in [-0.4, -0.2) is 22.2 Å². The number of benzene rings is 1. The van der Waals surface area contributed by atoms with E-state index in [0.717, 1.165) is 18.7 Å². The average Bonchev–Trinajstić information content (AvgIpc) is 2.82. The summed E-state index contributed by atoms with van der Waals surface area (Å²) in [4.78, 5) is 3.99. The summed E-state index contributed by atoms with van der Waals surface area (Å²) in [5.41, 5.74) is 7.00. The van der Waals surface area contributed by atoms with Crippen molar-refractivity contribution in [1.82, 2.24) is 9.55 Å². The minimum atomic E-state index is 0.172. The molecule has 0 radical (unpaired) electrons. The van der Waals surface area contributed by atoms with Gasteiger partial charge in [-0.05, 0) is 31.0 Å². The summed E-state index contributed by atoms with van der Waals surface area (Å²) in [6.45, 7) is 3.45. The van der Waals surface area contributed by atoms with Gasteiger partial charge in [-0.1, -0.05) is 12.1 Å². The monoisotopic (exact) mass is 245 g/mol. The molecule has 0 saturated heterocycles. The third-order valence-electron chi connectivity index (χ3n) is 2.63. The number of rotatable bonds is 6. The van der Waals surface area contributed by atoms with Gasteiger partial charge in [-0.15, -0.1) is 0 Å². The standard InChI is InChI=1S/C14H19N3O/c1-12(15)9-13-3-2-4-14(10-13)18-8-7-17-6-5-16-11-17/h2-6,10-12H,7-9,15H2,1H3. The molecule has 0 aliphatic rings. The number of hydrogen-bond donors (Lipinski definition) is 1. The second-order valence-electron chi connectivity index (χ2n) is 4.48. The molecule has 0 aliphatic carbocycles. The first-order valence-corrected chi connectivity index (χ1v) is 6.17. The van der Waals surface area contributed by atoms with Gasteiger partial charge in [0.1, 0.15) is 12.4 Å². The van der Waals surface area contributed by atoms with Crippen LogP contribution < -0.4 is 10.5 Å². The molecule has 0 bridgehead atoms. The zero-order valence-corrected chi connectivity index (χ0v) is 10.6. The lowest BCUT2D eigenvalue weighted by Crippen LogP contribution is -2.17. The summed E-state index contributed by atoms with van der Waals surface area (Å²) in [6.07, 6.45) is 6.35. The van der Waals surface area contributed by atoms with Crippen molar-refractivity contribution in [3.63, 3.8) is 0 Å². The highest BCUT2D eigenvalue weighted by molar-refractivity contribution is 5.28. The number of nitrogens with two attached hydrogens (primary N) is 1. The highest BCUT2D eigenvalue weighted by atomic mass is 16.5. The van der Waals surface area contributed by atoms with Crippen molar-refractivity contribution >= 4 is 0 Å². The quantitative estimate of drug-likeness (QED) is 0.845. The lowest BCUT2D eigenvalue weighted by Gasteiger charge is -2.09.